The third-order valence-electron chi connectivity index (χ3n) is 4.15. The minimum atomic E-state index is 0. The van der Waals surface area contributed by atoms with Gasteiger partial charge in [-0.2, -0.15) is 0 Å². The zero-order chi connectivity index (χ0) is 18.8. The fourth-order valence-electron chi connectivity index (χ4n) is 2.63. The van der Waals surface area contributed by atoms with E-state index >= 15 is 0 Å². The molecule has 0 saturated carbocycles. The lowest BCUT2D eigenvalue weighted by Crippen LogP contribution is -2.40. The number of para-hydroxylation sites is 1. The summed E-state index contributed by atoms with van der Waals surface area (Å²) in [6.45, 7) is 6.24. The van der Waals surface area contributed by atoms with E-state index in [1.807, 2.05) is 42.5 Å². The monoisotopic (exact) mass is 483 g/mol. The molecule has 0 amide bonds. The number of ether oxygens (including phenoxy) is 2. The zero-order valence-electron chi connectivity index (χ0n) is 16.5. The molecule has 0 aliphatic heterocycles. The molecule has 0 aliphatic rings. The second-order valence-corrected chi connectivity index (χ2v) is 6.18. The van der Waals surface area contributed by atoms with Crippen molar-refractivity contribution in [2.75, 3.05) is 33.9 Å². The molecular formula is C21H30IN3O2. The highest BCUT2D eigenvalue weighted by atomic mass is 127. The van der Waals surface area contributed by atoms with E-state index in [0.29, 0.717) is 19.1 Å². The van der Waals surface area contributed by atoms with Gasteiger partial charge in [-0.1, -0.05) is 42.8 Å². The summed E-state index contributed by atoms with van der Waals surface area (Å²) >= 11 is 0. The number of benzene rings is 2. The zero-order valence-corrected chi connectivity index (χ0v) is 18.8. The molecule has 0 bridgehead atoms. The number of hydrogen-bond acceptors (Lipinski definition) is 3. The Kier molecular flexibility index (Phi) is 10.6. The van der Waals surface area contributed by atoms with Crippen LogP contribution in [0.2, 0.25) is 0 Å². The van der Waals surface area contributed by atoms with Crippen molar-refractivity contribution in [2.45, 2.75) is 19.8 Å². The van der Waals surface area contributed by atoms with Crippen LogP contribution in [-0.4, -0.2) is 39.8 Å². The minimum Gasteiger partial charge on any atom is -0.496 e. The molecule has 2 aromatic rings. The van der Waals surface area contributed by atoms with E-state index in [1.54, 1.807) is 14.2 Å². The van der Waals surface area contributed by atoms with Gasteiger partial charge in [0.25, 0.3) is 0 Å². The SMILES string of the molecule is CN=C(NCCOc1ccc(C)cc1)NCC(C)c1ccccc1OC.I. The van der Waals surface area contributed by atoms with Gasteiger partial charge >= 0.3 is 0 Å². The third kappa shape index (κ3) is 7.66. The van der Waals surface area contributed by atoms with Crippen LogP contribution in [0.5, 0.6) is 11.5 Å². The van der Waals surface area contributed by atoms with Crippen LogP contribution in [0.15, 0.2) is 53.5 Å². The van der Waals surface area contributed by atoms with Gasteiger partial charge < -0.3 is 20.1 Å². The third-order valence-corrected chi connectivity index (χ3v) is 4.15. The molecule has 1 atom stereocenters. The number of aryl methyl sites for hydroxylation is 1. The van der Waals surface area contributed by atoms with Crippen molar-refractivity contribution in [3.63, 3.8) is 0 Å². The van der Waals surface area contributed by atoms with E-state index in [4.69, 9.17) is 9.47 Å². The molecule has 0 aromatic heterocycles. The van der Waals surface area contributed by atoms with Crippen molar-refractivity contribution in [1.82, 2.24) is 10.6 Å². The molecule has 0 fully saturated rings. The van der Waals surface area contributed by atoms with Gasteiger partial charge in [0.1, 0.15) is 18.1 Å². The molecule has 0 heterocycles. The molecule has 0 saturated heterocycles. The first kappa shape index (κ1) is 23.1. The lowest BCUT2D eigenvalue weighted by atomic mass is 10.0. The smallest absolute Gasteiger partial charge is 0.191 e. The van der Waals surface area contributed by atoms with E-state index in [-0.39, 0.29) is 24.0 Å². The molecule has 6 heteroatoms. The number of guanidine groups is 1. The summed E-state index contributed by atoms with van der Waals surface area (Å²) in [4.78, 5) is 4.26. The first-order chi connectivity index (χ1) is 12.6. The maximum atomic E-state index is 5.72. The van der Waals surface area contributed by atoms with Gasteiger partial charge in [0.05, 0.1) is 13.7 Å². The number of nitrogens with zero attached hydrogens (tertiary/aromatic N) is 1. The Bertz CT molecular complexity index is 705. The van der Waals surface area contributed by atoms with E-state index < -0.39 is 0 Å². The van der Waals surface area contributed by atoms with Gasteiger partial charge in [-0.25, -0.2) is 0 Å². The minimum absolute atomic E-state index is 0. The lowest BCUT2D eigenvalue weighted by Gasteiger charge is -2.18. The summed E-state index contributed by atoms with van der Waals surface area (Å²) in [7, 11) is 3.47. The largest absolute Gasteiger partial charge is 0.496 e. The number of halogens is 1. The van der Waals surface area contributed by atoms with Gasteiger partial charge in [0.2, 0.25) is 0 Å². The second kappa shape index (κ2) is 12.4. The normalized spacial score (nSPS) is 11.9. The molecule has 0 spiro atoms. The van der Waals surface area contributed by atoms with Crippen LogP contribution in [0.3, 0.4) is 0 Å². The molecule has 27 heavy (non-hydrogen) atoms. The van der Waals surface area contributed by atoms with Gasteiger partial charge in [-0.05, 0) is 30.7 Å². The number of nitrogens with one attached hydrogen (secondary N) is 2. The molecule has 5 nitrogen and oxygen atoms in total. The standard InChI is InChI=1S/C21H29N3O2.HI/c1-16-9-11-18(12-10-16)26-14-13-23-21(22-3)24-15-17(2)19-7-5-6-8-20(19)25-4;/h5-12,17H,13-15H2,1-4H3,(H2,22,23,24);1H. The van der Waals surface area contributed by atoms with E-state index in [9.17, 15) is 0 Å². The fraction of sp³-hybridized carbons (Fsp3) is 0.381. The quantitative estimate of drug-likeness (QED) is 0.258. The van der Waals surface area contributed by atoms with Crippen LogP contribution in [0, 0.1) is 6.92 Å². The summed E-state index contributed by atoms with van der Waals surface area (Å²) in [6.07, 6.45) is 0. The highest BCUT2D eigenvalue weighted by Gasteiger charge is 2.11. The first-order valence-electron chi connectivity index (χ1n) is 8.91. The van der Waals surface area contributed by atoms with E-state index in [0.717, 1.165) is 24.0 Å². The summed E-state index contributed by atoms with van der Waals surface area (Å²) in [5.74, 6) is 2.86. The Morgan fingerprint density at radius 1 is 1.07 bits per heavy atom. The molecule has 2 aromatic carbocycles. The molecule has 2 N–H and O–H groups in total. The van der Waals surface area contributed by atoms with Crippen molar-refractivity contribution in [2.24, 2.45) is 4.99 Å². The van der Waals surface area contributed by atoms with Crippen molar-refractivity contribution in [1.29, 1.82) is 0 Å². The number of methoxy groups -OCH3 is 1. The Balaban J connectivity index is 0.00000364. The molecule has 1 unspecified atom stereocenters. The Labute approximate surface area is 179 Å². The molecule has 2 rings (SSSR count). The van der Waals surface area contributed by atoms with Crippen molar-refractivity contribution in [3.8, 4) is 11.5 Å². The summed E-state index contributed by atoms with van der Waals surface area (Å²) in [5, 5.41) is 6.62. The molecule has 0 aliphatic carbocycles. The highest BCUT2D eigenvalue weighted by molar-refractivity contribution is 14.0. The Hall–Kier alpha value is -1.96. The van der Waals surface area contributed by atoms with E-state index in [2.05, 4.69) is 35.5 Å². The number of aliphatic imine (C=N–C) groups is 1. The maximum absolute atomic E-state index is 5.72. The topological polar surface area (TPSA) is 54.9 Å². The number of rotatable bonds is 8. The van der Waals surface area contributed by atoms with Crippen molar-refractivity contribution in [3.05, 3.63) is 59.7 Å². The van der Waals surface area contributed by atoms with Crippen molar-refractivity contribution >= 4 is 29.9 Å². The fourth-order valence-corrected chi connectivity index (χ4v) is 2.63. The molecule has 0 radical (unpaired) electrons. The second-order valence-electron chi connectivity index (χ2n) is 6.18. The molecular weight excluding hydrogens is 453 g/mol. The average molecular weight is 483 g/mol. The highest BCUT2D eigenvalue weighted by Crippen LogP contribution is 2.25. The predicted octanol–water partition coefficient (Wildman–Crippen LogP) is 3.97. The van der Waals surface area contributed by atoms with Crippen LogP contribution in [0.1, 0.15) is 24.0 Å². The lowest BCUT2D eigenvalue weighted by molar-refractivity contribution is 0.322. The summed E-state index contributed by atoms with van der Waals surface area (Å²) < 4.78 is 11.2. The van der Waals surface area contributed by atoms with Crippen LogP contribution in [0.4, 0.5) is 0 Å². The van der Waals surface area contributed by atoms with Crippen LogP contribution in [0.25, 0.3) is 0 Å². The first-order valence-corrected chi connectivity index (χ1v) is 8.91. The van der Waals surface area contributed by atoms with Gasteiger partial charge in [0, 0.05) is 19.5 Å². The number of hydrogen-bond donors (Lipinski definition) is 2. The predicted molar refractivity (Wildman–Crippen MR) is 123 cm³/mol. The average Bonchev–Trinajstić information content (AvgIpc) is 2.68. The van der Waals surface area contributed by atoms with Gasteiger partial charge in [-0.15, -0.1) is 24.0 Å². The Morgan fingerprint density at radius 3 is 2.44 bits per heavy atom. The van der Waals surface area contributed by atoms with Gasteiger partial charge in [0.15, 0.2) is 5.96 Å². The van der Waals surface area contributed by atoms with Crippen molar-refractivity contribution < 1.29 is 9.47 Å². The maximum Gasteiger partial charge on any atom is 0.191 e. The van der Waals surface area contributed by atoms with Crippen LogP contribution < -0.4 is 20.1 Å². The summed E-state index contributed by atoms with van der Waals surface area (Å²) in [5.41, 5.74) is 2.41. The van der Waals surface area contributed by atoms with E-state index in [1.165, 1.54) is 11.1 Å². The molecule has 148 valence electrons. The van der Waals surface area contributed by atoms with Gasteiger partial charge in [-0.3, -0.25) is 4.99 Å². The van der Waals surface area contributed by atoms with Crippen LogP contribution >= 0.6 is 24.0 Å². The Morgan fingerprint density at radius 2 is 1.78 bits per heavy atom. The van der Waals surface area contributed by atoms with Crippen LogP contribution in [-0.2, 0) is 0 Å². The summed E-state index contributed by atoms with van der Waals surface area (Å²) in [6, 6.07) is 16.2.